The van der Waals surface area contributed by atoms with Gasteiger partial charge in [-0.25, -0.2) is 0 Å². The lowest BCUT2D eigenvalue weighted by atomic mass is 10.1. The summed E-state index contributed by atoms with van der Waals surface area (Å²) in [6.45, 7) is 0. The highest BCUT2D eigenvalue weighted by atomic mass is 79.9. The number of halogens is 2. The number of nitroso groups, excluding NO2 is 1. The Morgan fingerprint density at radius 2 is 1.88 bits per heavy atom. The number of nitro groups is 1. The van der Waals surface area contributed by atoms with Crippen molar-refractivity contribution in [2.24, 2.45) is 5.18 Å². The molecule has 0 spiro atoms. The normalized spacial score (nSPS) is 11.3. The number of aromatic hydroxyl groups is 1. The van der Waals surface area contributed by atoms with E-state index in [4.69, 9.17) is 0 Å². The summed E-state index contributed by atoms with van der Waals surface area (Å²) in [5.41, 5.74) is 1.61. The monoisotopic (exact) mass is 478 g/mol. The molecule has 10 heteroatoms. The van der Waals surface area contributed by atoms with E-state index < -0.39 is 4.92 Å². The third-order valence-corrected chi connectivity index (χ3v) is 5.23. The van der Waals surface area contributed by atoms with Gasteiger partial charge in [0, 0.05) is 37.4 Å². The van der Waals surface area contributed by atoms with E-state index in [0.717, 1.165) is 4.47 Å². The number of benzene rings is 2. The first kappa shape index (κ1) is 16.7. The van der Waals surface area contributed by atoms with Crippen LogP contribution in [0, 0.1) is 15.0 Å². The molecule has 26 heavy (non-hydrogen) atoms. The number of rotatable bonds is 3. The van der Waals surface area contributed by atoms with E-state index in [1.807, 2.05) is 0 Å². The Kier molecular flexibility index (Phi) is 3.81. The Morgan fingerprint density at radius 3 is 2.58 bits per heavy atom. The summed E-state index contributed by atoms with van der Waals surface area (Å²) in [5, 5.41) is 25.7. The van der Waals surface area contributed by atoms with Crippen molar-refractivity contribution in [1.29, 1.82) is 0 Å². The lowest BCUT2D eigenvalue weighted by Crippen LogP contribution is -1.88. The minimum absolute atomic E-state index is 0.111. The van der Waals surface area contributed by atoms with Gasteiger partial charge in [0.1, 0.15) is 5.69 Å². The molecule has 0 saturated carbocycles. The lowest BCUT2D eigenvalue weighted by molar-refractivity contribution is -0.384. The van der Waals surface area contributed by atoms with Crippen LogP contribution in [0.25, 0.3) is 33.1 Å². The van der Waals surface area contributed by atoms with Crippen LogP contribution in [0.4, 0.5) is 11.4 Å². The second-order valence-corrected chi connectivity index (χ2v) is 7.36. The first-order valence-corrected chi connectivity index (χ1v) is 8.83. The van der Waals surface area contributed by atoms with Gasteiger partial charge >= 0.3 is 0 Å². The number of H-pyrrole nitrogens is 2. The van der Waals surface area contributed by atoms with Gasteiger partial charge in [0.15, 0.2) is 5.88 Å². The molecule has 2 aromatic carbocycles. The molecule has 0 saturated heterocycles. The molecule has 0 unspecified atom stereocenters. The van der Waals surface area contributed by atoms with Crippen LogP contribution < -0.4 is 0 Å². The van der Waals surface area contributed by atoms with Gasteiger partial charge in [-0.2, -0.15) is 0 Å². The largest absolute Gasteiger partial charge is 0.494 e. The smallest absolute Gasteiger partial charge is 0.271 e. The van der Waals surface area contributed by atoms with E-state index in [1.165, 1.54) is 12.1 Å². The molecule has 4 rings (SSSR count). The Labute approximate surface area is 161 Å². The predicted octanol–water partition coefficient (Wildman–Crippen LogP) is 5.85. The topological polar surface area (TPSA) is 124 Å². The second-order valence-electron chi connectivity index (χ2n) is 5.59. The molecule has 0 bridgehead atoms. The van der Waals surface area contributed by atoms with E-state index in [1.54, 1.807) is 18.2 Å². The van der Waals surface area contributed by atoms with Gasteiger partial charge in [-0.15, -0.1) is 4.91 Å². The summed E-state index contributed by atoms with van der Waals surface area (Å²) in [4.78, 5) is 28.0. The summed E-state index contributed by atoms with van der Waals surface area (Å²) in [5.74, 6) is -0.225. The number of hydrogen-bond donors (Lipinski definition) is 3. The fourth-order valence-electron chi connectivity index (χ4n) is 3.01. The summed E-state index contributed by atoms with van der Waals surface area (Å²) in [6, 6.07) is 7.97. The van der Waals surface area contributed by atoms with Crippen molar-refractivity contribution in [2.45, 2.75) is 0 Å². The molecule has 3 N–H and O–H groups in total. The maximum absolute atomic E-state index is 11.5. The molecule has 130 valence electrons. The molecule has 4 aromatic rings. The quantitative estimate of drug-likeness (QED) is 0.193. The van der Waals surface area contributed by atoms with E-state index in [9.17, 15) is 20.1 Å². The molecule has 0 atom stereocenters. The van der Waals surface area contributed by atoms with Crippen LogP contribution in [0.2, 0.25) is 0 Å². The van der Waals surface area contributed by atoms with Crippen LogP contribution in [0.15, 0.2) is 44.5 Å². The fourth-order valence-corrected chi connectivity index (χ4v) is 3.92. The maximum atomic E-state index is 11.5. The predicted molar refractivity (Wildman–Crippen MR) is 105 cm³/mol. The number of aromatic amines is 2. The van der Waals surface area contributed by atoms with Crippen molar-refractivity contribution in [3.05, 3.63) is 54.3 Å². The van der Waals surface area contributed by atoms with Crippen LogP contribution in [-0.2, 0) is 0 Å². The van der Waals surface area contributed by atoms with Crippen molar-refractivity contribution in [2.75, 3.05) is 0 Å². The Bertz CT molecular complexity index is 1230. The van der Waals surface area contributed by atoms with Crippen LogP contribution >= 0.6 is 31.9 Å². The van der Waals surface area contributed by atoms with E-state index in [0.29, 0.717) is 26.3 Å². The third-order valence-electron chi connectivity index (χ3n) is 4.11. The van der Waals surface area contributed by atoms with Crippen molar-refractivity contribution >= 4 is 65.0 Å². The number of nitrogens with zero attached hydrogens (tertiary/aromatic N) is 2. The Morgan fingerprint density at radius 1 is 1.12 bits per heavy atom. The first-order valence-electron chi connectivity index (χ1n) is 7.24. The highest BCUT2D eigenvalue weighted by Crippen LogP contribution is 2.46. The Balaban J connectivity index is 2.12. The Hall–Kier alpha value is -2.72. The average molecular weight is 480 g/mol. The molecule has 0 aliphatic carbocycles. The molecule has 0 radical (unpaired) electrons. The van der Waals surface area contributed by atoms with E-state index in [-0.39, 0.29) is 28.5 Å². The maximum Gasteiger partial charge on any atom is 0.271 e. The molecule has 0 aliphatic rings. The van der Waals surface area contributed by atoms with E-state index >= 15 is 0 Å². The van der Waals surface area contributed by atoms with Gasteiger partial charge in [-0.05, 0) is 39.3 Å². The molecule has 8 nitrogen and oxygen atoms in total. The highest BCUT2D eigenvalue weighted by molar-refractivity contribution is 9.11. The standard InChI is InChI=1S/C16H8Br2N4O4/c17-6-1-2-11-8(3-6)14(21-24)15(19-11)12-9-4-7(22(25)26)5-10(18)13(9)20-16(12)23/h1-5,19-20,23H. The number of fused-ring (bicyclic) bond motifs is 2. The van der Waals surface area contributed by atoms with Crippen molar-refractivity contribution in [1.82, 2.24) is 9.97 Å². The molecule has 2 aromatic heterocycles. The van der Waals surface area contributed by atoms with Crippen LogP contribution in [0.5, 0.6) is 5.88 Å². The molecule has 2 heterocycles. The SMILES string of the molecule is O=Nc1c(-c2c(O)[nH]c3c(Br)cc([N+](=O)[O-])cc23)[nH]c2ccc(Br)cc12. The number of hydrogen-bond acceptors (Lipinski definition) is 5. The van der Waals surface area contributed by atoms with E-state index in [2.05, 4.69) is 47.0 Å². The summed E-state index contributed by atoms with van der Waals surface area (Å²) in [7, 11) is 0. The third kappa shape index (κ3) is 2.41. The summed E-state index contributed by atoms with van der Waals surface area (Å²) < 4.78 is 1.18. The average Bonchev–Trinajstić information content (AvgIpc) is 3.10. The minimum Gasteiger partial charge on any atom is -0.494 e. The van der Waals surface area contributed by atoms with Gasteiger partial charge in [0.25, 0.3) is 5.69 Å². The number of aromatic nitrogens is 2. The van der Waals surface area contributed by atoms with Crippen LogP contribution in [-0.4, -0.2) is 20.0 Å². The van der Waals surface area contributed by atoms with Crippen molar-refractivity contribution in [3.8, 4) is 17.1 Å². The first-order chi connectivity index (χ1) is 12.4. The van der Waals surface area contributed by atoms with Crippen molar-refractivity contribution < 1.29 is 10.0 Å². The molecular weight excluding hydrogens is 472 g/mol. The van der Waals surface area contributed by atoms with Crippen LogP contribution in [0.3, 0.4) is 0 Å². The molecular formula is C16H8Br2N4O4. The van der Waals surface area contributed by atoms with Gasteiger partial charge in [0.05, 0.1) is 21.7 Å². The van der Waals surface area contributed by atoms with Gasteiger partial charge in [0.2, 0.25) is 0 Å². The number of nitro benzene ring substituents is 1. The zero-order valence-corrected chi connectivity index (χ0v) is 15.9. The fraction of sp³-hybridized carbons (Fsp3) is 0. The zero-order valence-electron chi connectivity index (χ0n) is 12.7. The summed E-state index contributed by atoms with van der Waals surface area (Å²) in [6.07, 6.45) is 0. The second kappa shape index (κ2) is 5.92. The zero-order chi connectivity index (χ0) is 18.6. The lowest BCUT2D eigenvalue weighted by Gasteiger charge is -2.00. The number of non-ortho nitro benzene ring substituents is 1. The van der Waals surface area contributed by atoms with Gasteiger partial charge in [-0.1, -0.05) is 15.9 Å². The molecule has 0 fully saturated rings. The van der Waals surface area contributed by atoms with Crippen LogP contribution in [0.1, 0.15) is 0 Å². The van der Waals surface area contributed by atoms with Crippen molar-refractivity contribution in [3.63, 3.8) is 0 Å². The molecule has 0 amide bonds. The molecule has 0 aliphatic heterocycles. The number of nitrogens with one attached hydrogen (secondary N) is 2. The summed E-state index contributed by atoms with van der Waals surface area (Å²) >= 11 is 6.62. The van der Waals surface area contributed by atoms with Gasteiger partial charge in [-0.3, -0.25) is 10.1 Å². The minimum atomic E-state index is -0.529. The highest BCUT2D eigenvalue weighted by Gasteiger charge is 2.24. The van der Waals surface area contributed by atoms with Gasteiger partial charge < -0.3 is 15.1 Å².